The van der Waals surface area contributed by atoms with E-state index in [0.29, 0.717) is 12.5 Å². The molecule has 1 unspecified atom stereocenters. The molecule has 3 nitrogen and oxygen atoms in total. The number of nitrogens with one attached hydrogen (secondary N) is 1. The molecule has 1 aliphatic heterocycles. The minimum atomic E-state index is 0.246. The van der Waals surface area contributed by atoms with E-state index in [0.717, 1.165) is 19.5 Å². The van der Waals surface area contributed by atoms with E-state index >= 15 is 0 Å². The highest BCUT2D eigenvalue weighted by Gasteiger charge is 2.19. The maximum Gasteiger partial charge on any atom is 0.224 e. The lowest BCUT2D eigenvalue weighted by Crippen LogP contribution is -2.32. The van der Waals surface area contributed by atoms with E-state index in [1.165, 1.54) is 16.2 Å². The van der Waals surface area contributed by atoms with Crippen LogP contribution in [0.4, 0.5) is 0 Å². The van der Waals surface area contributed by atoms with Crippen molar-refractivity contribution in [3.05, 3.63) is 21.9 Å². The number of nitrogens with zero attached hydrogens (tertiary/aromatic N) is 1. The molecule has 1 aliphatic rings. The summed E-state index contributed by atoms with van der Waals surface area (Å²) in [7, 11) is 1.90. The van der Waals surface area contributed by atoms with Crippen molar-refractivity contribution >= 4 is 17.2 Å². The van der Waals surface area contributed by atoms with Gasteiger partial charge in [-0.2, -0.15) is 0 Å². The first kappa shape index (κ1) is 12.6. The highest BCUT2D eigenvalue weighted by molar-refractivity contribution is 7.11. The maximum atomic E-state index is 12.0. The molecule has 1 saturated heterocycles. The van der Waals surface area contributed by atoms with Crippen molar-refractivity contribution in [1.29, 1.82) is 0 Å². The largest absolute Gasteiger partial charge is 0.341 e. The van der Waals surface area contributed by atoms with Crippen molar-refractivity contribution in [3.8, 4) is 0 Å². The maximum absolute atomic E-state index is 12.0. The van der Waals surface area contributed by atoms with E-state index in [2.05, 4.69) is 24.4 Å². The Hall–Kier alpha value is -0.870. The molecule has 0 radical (unpaired) electrons. The molecule has 17 heavy (non-hydrogen) atoms. The second kappa shape index (κ2) is 5.65. The monoisotopic (exact) mass is 252 g/mol. The molecule has 2 rings (SSSR count). The van der Waals surface area contributed by atoms with Crippen molar-refractivity contribution in [2.45, 2.75) is 38.8 Å². The third-order valence-electron chi connectivity index (χ3n) is 3.20. The quantitative estimate of drug-likeness (QED) is 0.890. The van der Waals surface area contributed by atoms with E-state index < -0.39 is 0 Å². The number of carbonyl (C=O) groups excluding carboxylic acids is 1. The molecule has 4 heteroatoms. The highest BCUT2D eigenvalue weighted by Crippen LogP contribution is 2.17. The lowest BCUT2D eigenvalue weighted by molar-refractivity contribution is -0.130. The molecule has 0 aliphatic carbocycles. The van der Waals surface area contributed by atoms with Gasteiger partial charge in [0.05, 0.1) is 6.54 Å². The number of hydrogen-bond donors (Lipinski definition) is 1. The summed E-state index contributed by atoms with van der Waals surface area (Å²) in [6, 6.07) is 4.61. The van der Waals surface area contributed by atoms with Gasteiger partial charge in [-0.3, -0.25) is 4.79 Å². The SMILES string of the molecule is Cc1ccc(CN(C)C(=O)CC2CCCN2)s1. The number of carbonyl (C=O) groups is 1. The molecule has 1 amide bonds. The van der Waals surface area contributed by atoms with Gasteiger partial charge in [-0.05, 0) is 38.4 Å². The summed E-state index contributed by atoms with van der Waals surface area (Å²) in [5, 5.41) is 3.37. The van der Waals surface area contributed by atoms with Gasteiger partial charge >= 0.3 is 0 Å². The molecule has 0 saturated carbocycles. The summed E-state index contributed by atoms with van der Waals surface area (Å²) >= 11 is 1.77. The van der Waals surface area contributed by atoms with Crippen LogP contribution in [0, 0.1) is 6.92 Å². The number of thiophene rings is 1. The Bertz CT molecular complexity index is 383. The second-order valence-electron chi connectivity index (χ2n) is 4.76. The molecule has 0 bridgehead atoms. The summed E-state index contributed by atoms with van der Waals surface area (Å²) in [5.74, 6) is 0.246. The van der Waals surface area contributed by atoms with Gasteiger partial charge in [0, 0.05) is 29.3 Å². The molecule has 1 N–H and O–H groups in total. The minimum Gasteiger partial charge on any atom is -0.341 e. The molecular formula is C13H20N2OS. The Morgan fingerprint density at radius 3 is 3.00 bits per heavy atom. The summed E-state index contributed by atoms with van der Waals surface area (Å²) in [5.41, 5.74) is 0. The first-order valence-corrected chi connectivity index (χ1v) is 6.99. The van der Waals surface area contributed by atoms with Crippen LogP contribution in [0.15, 0.2) is 12.1 Å². The number of hydrogen-bond acceptors (Lipinski definition) is 3. The Morgan fingerprint density at radius 1 is 1.59 bits per heavy atom. The lowest BCUT2D eigenvalue weighted by atomic mass is 10.1. The highest BCUT2D eigenvalue weighted by atomic mass is 32.1. The van der Waals surface area contributed by atoms with Crippen LogP contribution in [0.25, 0.3) is 0 Å². The van der Waals surface area contributed by atoms with Crippen LogP contribution >= 0.6 is 11.3 Å². The zero-order valence-electron chi connectivity index (χ0n) is 10.5. The van der Waals surface area contributed by atoms with Crippen LogP contribution in [-0.2, 0) is 11.3 Å². The van der Waals surface area contributed by atoms with Gasteiger partial charge in [-0.25, -0.2) is 0 Å². The molecule has 1 fully saturated rings. The van der Waals surface area contributed by atoms with Gasteiger partial charge in [0.1, 0.15) is 0 Å². The Labute approximate surface area is 107 Å². The van der Waals surface area contributed by atoms with Crippen molar-refractivity contribution in [1.82, 2.24) is 10.2 Å². The van der Waals surface area contributed by atoms with Crippen molar-refractivity contribution < 1.29 is 4.79 Å². The second-order valence-corrected chi connectivity index (χ2v) is 6.13. The van der Waals surface area contributed by atoms with Gasteiger partial charge in [0.15, 0.2) is 0 Å². The molecule has 0 spiro atoms. The van der Waals surface area contributed by atoms with Gasteiger partial charge < -0.3 is 10.2 Å². The molecular weight excluding hydrogens is 232 g/mol. The number of aryl methyl sites for hydroxylation is 1. The normalized spacial score (nSPS) is 19.5. The molecule has 1 aromatic rings. The molecule has 1 aromatic heterocycles. The number of rotatable bonds is 4. The average molecular weight is 252 g/mol. The van der Waals surface area contributed by atoms with Crippen LogP contribution in [0.3, 0.4) is 0 Å². The Balaban J connectivity index is 1.82. The fourth-order valence-electron chi connectivity index (χ4n) is 2.19. The van der Waals surface area contributed by atoms with Crippen LogP contribution < -0.4 is 5.32 Å². The topological polar surface area (TPSA) is 32.3 Å². The summed E-state index contributed by atoms with van der Waals surface area (Å²) in [6.07, 6.45) is 2.98. The zero-order valence-corrected chi connectivity index (χ0v) is 11.3. The fraction of sp³-hybridized carbons (Fsp3) is 0.615. The van der Waals surface area contributed by atoms with Gasteiger partial charge in [0.2, 0.25) is 5.91 Å². The Morgan fingerprint density at radius 2 is 2.41 bits per heavy atom. The van der Waals surface area contributed by atoms with E-state index in [9.17, 15) is 4.79 Å². The Kier molecular flexibility index (Phi) is 4.18. The van der Waals surface area contributed by atoms with Crippen molar-refractivity contribution in [2.75, 3.05) is 13.6 Å². The van der Waals surface area contributed by atoms with Crippen molar-refractivity contribution in [2.24, 2.45) is 0 Å². The van der Waals surface area contributed by atoms with E-state index in [4.69, 9.17) is 0 Å². The van der Waals surface area contributed by atoms with Crippen LogP contribution in [0.1, 0.15) is 29.0 Å². The van der Waals surface area contributed by atoms with Crippen molar-refractivity contribution in [3.63, 3.8) is 0 Å². The van der Waals surface area contributed by atoms with Gasteiger partial charge in [-0.15, -0.1) is 11.3 Å². The standard InChI is InChI=1S/C13H20N2OS/c1-10-5-6-12(17-10)9-15(2)13(16)8-11-4-3-7-14-11/h5-6,11,14H,3-4,7-9H2,1-2H3. The lowest BCUT2D eigenvalue weighted by Gasteiger charge is -2.18. The fourth-order valence-corrected chi connectivity index (χ4v) is 3.13. The molecule has 2 heterocycles. The first-order chi connectivity index (χ1) is 8.15. The predicted molar refractivity (Wildman–Crippen MR) is 71.2 cm³/mol. The zero-order chi connectivity index (χ0) is 12.3. The van der Waals surface area contributed by atoms with Gasteiger partial charge in [0.25, 0.3) is 0 Å². The van der Waals surface area contributed by atoms with Crippen LogP contribution in [0.5, 0.6) is 0 Å². The van der Waals surface area contributed by atoms with E-state index in [1.807, 2.05) is 11.9 Å². The van der Waals surface area contributed by atoms with E-state index in [-0.39, 0.29) is 5.91 Å². The summed E-state index contributed by atoms with van der Waals surface area (Å²) in [4.78, 5) is 16.4. The van der Waals surface area contributed by atoms with Crippen LogP contribution in [-0.4, -0.2) is 30.4 Å². The minimum absolute atomic E-state index is 0.246. The molecule has 1 atom stereocenters. The first-order valence-electron chi connectivity index (χ1n) is 6.18. The third-order valence-corrected chi connectivity index (χ3v) is 4.18. The smallest absolute Gasteiger partial charge is 0.224 e. The van der Waals surface area contributed by atoms with E-state index in [1.54, 1.807) is 11.3 Å². The predicted octanol–water partition coefficient (Wildman–Crippen LogP) is 2.16. The molecule has 94 valence electrons. The summed E-state index contributed by atoms with van der Waals surface area (Å²) in [6.45, 7) is 3.90. The van der Waals surface area contributed by atoms with Crippen LogP contribution in [0.2, 0.25) is 0 Å². The average Bonchev–Trinajstić information content (AvgIpc) is 2.90. The van der Waals surface area contributed by atoms with Gasteiger partial charge in [-0.1, -0.05) is 0 Å². The third kappa shape index (κ3) is 3.54. The number of amides is 1. The molecule has 0 aromatic carbocycles. The summed E-state index contributed by atoms with van der Waals surface area (Å²) < 4.78 is 0.